The minimum absolute atomic E-state index is 0.0204. The van der Waals surface area contributed by atoms with Crippen molar-refractivity contribution in [2.45, 2.75) is 65.9 Å². The van der Waals surface area contributed by atoms with E-state index in [9.17, 15) is 9.90 Å². The van der Waals surface area contributed by atoms with Crippen LogP contribution in [-0.4, -0.2) is 23.8 Å². The highest BCUT2D eigenvalue weighted by atomic mass is 16.5. The lowest BCUT2D eigenvalue weighted by molar-refractivity contribution is -0.163. The van der Waals surface area contributed by atoms with E-state index < -0.39 is 11.9 Å². The molecule has 1 N–H and O–H groups in total. The van der Waals surface area contributed by atoms with Gasteiger partial charge in [-0.25, -0.2) is 0 Å². The summed E-state index contributed by atoms with van der Waals surface area (Å²) in [6.45, 7) is 13.4. The first-order chi connectivity index (χ1) is 10.6. The van der Waals surface area contributed by atoms with E-state index in [-0.39, 0.29) is 22.3 Å². The molecule has 0 amide bonds. The van der Waals surface area contributed by atoms with Crippen LogP contribution in [0.5, 0.6) is 0 Å². The minimum Gasteiger partial charge on any atom is -0.481 e. The molecule has 3 heteroatoms. The Morgan fingerprint density at radius 1 is 1.26 bits per heavy atom. The van der Waals surface area contributed by atoms with Crippen LogP contribution in [0.4, 0.5) is 0 Å². The molecule has 3 aliphatic rings. The molecule has 0 unspecified atom stereocenters. The van der Waals surface area contributed by atoms with Crippen molar-refractivity contribution >= 4 is 5.97 Å². The molecule has 1 aliphatic heterocycles. The van der Waals surface area contributed by atoms with Crippen LogP contribution >= 0.6 is 0 Å². The summed E-state index contributed by atoms with van der Waals surface area (Å²) in [6.07, 6.45) is 6.78. The first kappa shape index (κ1) is 16.8. The fourth-order valence-corrected chi connectivity index (χ4v) is 5.25. The summed E-state index contributed by atoms with van der Waals surface area (Å²) in [5.74, 6) is -1.09. The van der Waals surface area contributed by atoms with Gasteiger partial charge < -0.3 is 9.84 Å². The zero-order chi connectivity index (χ0) is 17.0. The Hall–Kier alpha value is -1.09. The lowest BCUT2D eigenvalue weighted by Gasteiger charge is -2.57. The highest BCUT2D eigenvalue weighted by molar-refractivity contribution is 5.73. The first-order valence-corrected chi connectivity index (χ1v) is 8.85. The third-order valence-electron chi connectivity index (χ3n) is 6.99. The molecule has 0 saturated heterocycles. The number of allylic oxidation sites excluding steroid dienone is 1. The average molecular weight is 318 g/mol. The van der Waals surface area contributed by atoms with Gasteiger partial charge in [0.1, 0.15) is 0 Å². The van der Waals surface area contributed by atoms with Crippen molar-refractivity contribution in [2.24, 2.45) is 22.2 Å². The molecule has 3 rings (SSSR count). The predicted molar refractivity (Wildman–Crippen MR) is 91.2 cm³/mol. The van der Waals surface area contributed by atoms with E-state index in [0.29, 0.717) is 13.0 Å². The number of fused-ring (bicyclic) bond motifs is 2. The molecule has 1 fully saturated rings. The molecule has 0 aromatic carbocycles. The molecule has 1 saturated carbocycles. The zero-order valence-electron chi connectivity index (χ0n) is 14.9. The standard InChI is InChI=1S/C20H30O3/c1-6-19(4)10-14(17(21)22)20(5)13-8-7-9-18(2,3)15(13)12-23-16(20)11-19/h6,14,16H,1,7-12H2,2-5H3,(H,21,22)/t14-,16-,19+,20-/m0/s1. The molecule has 0 aromatic heterocycles. The monoisotopic (exact) mass is 318 g/mol. The number of ether oxygens (including phenoxy) is 1. The van der Waals surface area contributed by atoms with Gasteiger partial charge in [-0.15, -0.1) is 6.58 Å². The zero-order valence-corrected chi connectivity index (χ0v) is 14.9. The van der Waals surface area contributed by atoms with Crippen molar-refractivity contribution in [3.8, 4) is 0 Å². The van der Waals surface area contributed by atoms with Crippen LogP contribution in [0.2, 0.25) is 0 Å². The molecule has 3 nitrogen and oxygen atoms in total. The average Bonchev–Trinajstić information content (AvgIpc) is 2.47. The normalized spacial score (nSPS) is 42.6. The SMILES string of the molecule is C=C[C@@]1(C)C[C@@H]2OCC3=C(CCCC3(C)C)[C@@]2(C)[C@H](C(=O)O)C1. The van der Waals surface area contributed by atoms with Crippen molar-refractivity contribution in [3.05, 3.63) is 23.8 Å². The van der Waals surface area contributed by atoms with E-state index in [4.69, 9.17) is 4.74 Å². The Morgan fingerprint density at radius 2 is 1.96 bits per heavy atom. The summed E-state index contributed by atoms with van der Waals surface area (Å²) in [5.41, 5.74) is 2.36. The second kappa shape index (κ2) is 5.20. The molecule has 4 atom stereocenters. The molecule has 128 valence electrons. The maximum atomic E-state index is 12.1. The van der Waals surface area contributed by atoms with E-state index in [1.165, 1.54) is 11.1 Å². The van der Waals surface area contributed by atoms with Crippen LogP contribution in [0.15, 0.2) is 23.8 Å². The molecule has 0 radical (unpaired) electrons. The highest BCUT2D eigenvalue weighted by Gasteiger charge is 2.58. The maximum absolute atomic E-state index is 12.1. The highest BCUT2D eigenvalue weighted by Crippen LogP contribution is 2.60. The largest absolute Gasteiger partial charge is 0.481 e. The van der Waals surface area contributed by atoms with Crippen LogP contribution in [-0.2, 0) is 9.53 Å². The first-order valence-electron chi connectivity index (χ1n) is 8.85. The second-order valence-electron chi connectivity index (χ2n) is 8.93. The molecule has 1 heterocycles. The molecule has 2 aliphatic carbocycles. The van der Waals surface area contributed by atoms with Crippen molar-refractivity contribution in [1.29, 1.82) is 0 Å². The van der Waals surface area contributed by atoms with E-state index in [1.54, 1.807) is 0 Å². The predicted octanol–water partition coefficient (Wildman–Crippen LogP) is 4.59. The van der Waals surface area contributed by atoms with E-state index >= 15 is 0 Å². The fourth-order valence-electron chi connectivity index (χ4n) is 5.25. The van der Waals surface area contributed by atoms with Gasteiger partial charge >= 0.3 is 5.97 Å². The van der Waals surface area contributed by atoms with Gasteiger partial charge in [0.15, 0.2) is 0 Å². The second-order valence-corrected chi connectivity index (χ2v) is 8.93. The quantitative estimate of drug-likeness (QED) is 0.758. The molecular weight excluding hydrogens is 288 g/mol. The van der Waals surface area contributed by atoms with Gasteiger partial charge in [0.2, 0.25) is 0 Å². The molecule has 23 heavy (non-hydrogen) atoms. The van der Waals surface area contributed by atoms with Gasteiger partial charge in [0.05, 0.1) is 18.6 Å². The van der Waals surface area contributed by atoms with Crippen LogP contribution < -0.4 is 0 Å². The molecule has 0 aromatic rings. The Morgan fingerprint density at radius 3 is 2.57 bits per heavy atom. The third-order valence-corrected chi connectivity index (χ3v) is 6.99. The Kier molecular flexibility index (Phi) is 3.79. The van der Waals surface area contributed by atoms with Crippen molar-refractivity contribution in [2.75, 3.05) is 6.61 Å². The number of hydrogen-bond acceptors (Lipinski definition) is 2. The van der Waals surface area contributed by atoms with Crippen LogP contribution in [0.3, 0.4) is 0 Å². The van der Waals surface area contributed by atoms with Crippen LogP contribution in [0.1, 0.15) is 59.8 Å². The van der Waals surface area contributed by atoms with Crippen molar-refractivity contribution in [1.82, 2.24) is 0 Å². The van der Waals surface area contributed by atoms with Crippen molar-refractivity contribution in [3.63, 3.8) is 0 Å². The summed E-state index contributed by atoms with van der Waals surface area (Å²) >= 11 is 0. The number of hydrogen-bond donors (Lipinski definition) is 1. The Labute approximate surface area is 139 Å². The fraction of sp³-hybridized carbons (Fsp3) is 0.750. The van der Waals surface area contributed by atoms with E-state index in [1.807, 2.05) is 6.08 Å². The number of rotatable bonds is 2. The Bertz CT molecular complexity index is 573. The topological polar surface area (TPSA) is 46.5 Å². The van der Waals surface area contributed by atoms with Gasteiger partial charge in [-0.05, 0) is 48.5 Å². The summed E-state index contributed by atoms with van der Waals surface area (Å²) in [7, 11) is 0. The number of aliphatic carboxylic acids is 1. The lowest BCUT2D eigenvalue weighted by Crippen LogP contribution is -2.56. The van der Waals surface area contributed by atoms with Gasteiger partial charge in [0.25, 0.3) is 0 Å². The summed E-state index contributed by atoms with van der Waals surface area (Å²) in [6, 6.07) is 0. The number of carbonyl (C=O) groups is 1. The number of carboxylic acids is 1. The van der Waals surface area contributed by atoms with Gasteiger partial charge in [-0.2, -0.15) is 0 Å². The molecular formula is C20H30O3. The van der Waals surface area contributed by atoms with Crippen LogP contribution in [0.25, 0.3) is 0 Å². The summed E-state index contributed by atoms with van der Waals surface area (Å²) in [4.78, 5) is 12.1. The number of carboxylic acid groups (broad SMARTS) is 1. The minimum atomic E-state index is -0.689. The van der Waals surface area contributed by atoms with Gasteiger partial charge in [-0.1, -0.05) is 39.3 Å². The van der Waals surface area contributed by atoms with Gasteiger partial charge in [-0.3, -0.25) is 4.79 Å². The summed E-state index contributed by atoms with van der Waals surface area (Å²) < 4.78 is 6.30. The van der Waals surface area contributed by atoms with E-state index in [2.05, 4.69) is 34.3 Å². The van der Waals surface area contributed by atoms with Crippen molar-refractivity contribution < 1.29 is 14.6 Å². The molecule has 0 spiro atoms. The van der Waals surface area contributed by atoms with Gasteiger partial charge in [0, 0.05) is 5.41 Å². The van der Waals surface area contributed by atoms with E-state index in [0.717, 1.165) is 25.7 Å². The summed E-state index contributed by atoms with van der Waals surface area (Å²) in [5, 5.41) is 9.98. The smallest absolute Gasteiger partial charge is 0.307 e. The van der Waals surface area contributed by atoms with Crippen LogP contribution in [0, 0.1) is 22.2 Å². The third kappa shape index (κ3) is 2.39. The Balaban J connectivity index is 2.13. The molecule has 0 bridgehead atoms. The lowest BCUT2D eigenvalue weighted by atomic mass is 9.51. The maximum Gasteiger partial charge on any atom is 0.307 e.